The summed E-state index contributed by atoms with van der Waals surface area (Å²) in [6.45, 7) is 0.0984. The first-order chi connectivity index (χ1) is 18.7. The molecule has 206 valence electrons. The Balaban J connectivity index is 1.55. The highest BCUT2D eigenvalue weighted by Crippen LogP contribution is 2.56. The van der Waals surface area contributed by atoms with Crippen LogP contribution in [0.1, 0.15) is 28.7 Å². The molecule has 10 nitrogen and oxygen atoms in total. The molecular formula is C26H24BrNO9S2. The quantitative estimate of drug-likeness (QED) is 0.380. The topological polar surface area (TPSA) is 119 Å². The number of cyclic esters (lactones) is 1. The van der Waals surface area contributed by atoms with Gasteiger partial charge in [-0.15, -0.1) is 11.3 Å². The Morgan fingerprint density at radius 3 is 2.21 bits per heavy atom. The summed E-state index contributed by atoms with van der Waals surface area (Å²) in [5, 5.41) is 0. The monoisotopic (exact) mass is 637 g/mol. The standard InChI is InChI=1S/C26H24BrNO9S2/c1-32-18-6-12(7-19(33-2)25(18)34-3)22-13-8-16-17(37-11-36-16)9-14(13)24(15-10-35-26(29)23(15)22)28-39(30,31)21-5-4-20(27)38-21/h4-9,15,22-24,28H,10-11H2,1-3H3/t15-,22+,23-,24+/m0/s1. The van der Waals surface area contributed by atoms with Crippen LogP contribution in [0.5, 0.6) is 28.7 Å². The number of ether oxygens (including phenoxy) is 6. The van der Waals surface area contributed by atoms with Gasteiger partial charge in [0.2, 0.25) is 12.5 Å². The summed E-state index contributed by atoms with van der Waals surface area (Å²) >= 11 is 4.43. The summed E-state index contributed by atoms with van der Waals surface area (Å²) in [6, 6.07) is 9.67. The van der Waals surface area contributed by atoms with E-state index < -0.39 is 39.8 Å². The van der Waals surface area contributed by atoms with Crippen LogP contribution in [0, 0.1) is 11.8 Å². The maximum absolute atomic E-state index is 13.5. The van der Waals surface area contributed by atoms with Crippen LogP contribution in [0.3, 0.4) is 0 Å². The van der Waals surface area contributed by atoms with E-state index in [1.54, 1.807) is 24.3 Å². The molecule has 39 heavy (non-hydrogen) atoms. The van der Waals surface area contributed by atoms with Gasteiger partial charge in [-0.2, -0.15) is 0 Å². The number of sulfonamides is 1. The highest BCUT2D eigenvalue weighted by atomic mass is 79.9. The molecule has 1 aromatic heterocycles. The van der Waals surface area contributed by atoms with Crippen molar-refractivity contribution in [3.8, 4) is 28.7 Å². The van der Waals surface area contributed by atoms with Crippen LogP contribution in [-0.2, 0) is 19.6 Å². The van der Waals surface area contributed by atoms with Crippen molar-refractivity contribution in [3.63, 3.8) is 0 Å². The molecule has 1 saturated heterocycles. The minimum absolute atomic E-state index is 0.0432. The van der Waals surface area contributed by atoms with Crippen molar-refractivity contribution in [2.24, 2.45) is 11.8 Å². The first-order valence-corrected chi connectivity index (χ1v) is 15.0. The summed E-state index contributed by atoms with van der Waals surface area (Å²) in [5.74, 6) is 0.195. The molecule has 0 bridgehead atoms. The average molecular weight is 639 g/mol. The molecule has 3 heterocycles. The normalized spacial score (nSPS) is 23.1. The molecule has 0 spiro atoms. The van der Waals surface area contributed by atoms with Gasteiger partial charge in [0.1, 0.15) is 4.21 Å². The van der Waals surface area contributed by atoms with Gasteiger partial charge in [-0.1, -0.05) is 0 Å². The Morgan fingerprint density at radius 2 is 1.62 bits per heavy atom. The molecule has 4 atom stereocenters. The molecule has 3 aliphatic rings. The SMILES string of the molecule is COc1cc([C@@H]2c3cc4c(cc3[C@@H](NS(=O)(=O)c3ccc(Br)s3)[C@H]3COC(=O)[C@H]23)OCO4)cc(OC)c1OC. The van der Waals surface area contributed by atoms with Crippen LogP contribution < -0.4 is 28.4 Å². The molecule has 0 amide bonds. The summed E-state index contributed by atoms with van der Waals surface area (Å²) in [7, 11) is 0.641. The molecule has 0 radical (unpaired) electrons. The fourth-order valence-electron chi connectivity index (χ4n) is 5.66. The molecule has 3 aromatic rings. The lowest BCUT2D eigenvalue weighted by Crippen LogP contribution is -2.42. The number of esters is 1. The molecule has 0 saturated carbocycles. The number of thiophene rings is 1. The minimum atomic E-state index is -3.92. The third kappa shape index (κ3) is 4.31. The van der Waals surface area contributed by atoms with Gasteiger partial charge in [0.25, 0.3) is 10.0 Å². The van der Waals surface area contributed by atoms with E-state index in [4.69, 9.17) is 28.4 Å². The van der Waals surface area contributed by atoms with Gasteiger partial charge in [0.05, 0.1) is 43.7 Å². The van der Waals surface area contributed by atoms with E-state index in [1.807, 2.05) is 6.07 Å². The first-order valence-electron chi connectivity index (χ1n) is 11.9. The molecule has 1 fully saturated rings. The Kier molecular flexibility index (Phi) is 6.64. The zero-order valence-electron chi connectivity index (χ0n) is 21.1. The average Bonchev–Trinajstić information content (AvgIpc) is 3.67. The van der Waals surface area contributed by atoms with Gasteiger partial charge in [-0.25, -0.2) is 13.1 Å². The summed E-state index contributed by atoms with van der Waals surface area (Å²) in [5.41, 5.74) is 2.12. The number of carbonyl (C=O) groups is 1. The van der Waals surface area contributed by atoms with Gasteiger partial charge in [-0.05, 0) is 69.0 Å². The second-order valence-electron chi connectivity index (χ2n) is 9.25. The number of halogens is 1. The van der Waals surface area contributed by atoms with Crippen molar-refractivity contribution >= 4 is 43.3 Å². The number of methoxy groups -OCH3 is 3. The second kappa shape index (κ2) is 9.88. The van der Waals surface area contributed by atoms with Crippen LogP contribution in [0.15, 0.2) is 44.4 Å². The number of nitrogens with one attached hydrogen (secondary N) is 1. The van der Waals surface area contributed by atoms with Crippen LogP contribution in [0.2, 0.25) is 0 Å². The minimum Gasteiger partial charge on any atom is -0.493 e. The van der Waals surface area contributed by atoms with E-state index in [0.29, 0.717) is 43.7 Å². The molecule has 2 aromatic carbocycles. The van der Waals surface area contributed by atoms with E-state index in [9.17, 15) is 13.2 Å². The third-order valence-corrected chi connectivity index (χ3v) is 10.9. The maximum atomic E-state index is 13.5. The predicted octanol–water partition coefficient (Wildman–Crippen LogP) is 4.22. The van der Waals surface area contributed by atoms with Gasteiger partial charge in [0, 0.05) is 11.8 Å². The number of benzene rings is 2. The summed E-state index contributed by atoms with van der Waals surface area (Å²) < 4.78 is 64.2. The van der Waals surface area contributed by atoms with Gasteiger partial charge >= 0.3 is 5.97 Å². The highest BCUT2D eigenvalue weighted by molar-refractivity contribution is 9.11. The molecule has 1 N–H and O–H groups in total. The number of hydrogen-bond donors (Lipinski definition) is 1. The fourth-order valence-corrected chi connectivity index (χ4v) is 8.96. The predicted molar refractivity (Wildman–Crippen MR) is 144 cm³/mol. The number of hydrogen-bond acceptors (Lipinski definition) is 10. The molecule has 0 unspecified atom stereocenters. The zero-order chi connectivity index (χ0) is 27.5. The van der Waals surface area contributed by atoms with Crippen molar-refractivity contribution < 1.29 is 41.6 Å². The summed E-state index contributed by atoms with van der Waals surface area (Å²) in [6.07, 6.45) is 0. The van der Waals surface area contributed by atoms with Crippen molar-refractivity contribution in [3.05, 3.63) is 56.9 Å². The number of fused-ring (bicyclic) bond motifs is 3. The van der Waals surface area contributed by atoms with E-state index in [1.165, 1.54) is 27.4 Å². The van der Waals surface area contributed by atoms with E-state index in [0.717, 1.165) is 16.9 Å². The van der Waals surface area contributed by atoms with E-state index >= 15 is 0 Å². The first kappa shape index (κ1) is 26.2. The lowest BCUT2D eigenvalue weighted by atomic mass is 9.65. The second-order valence-corrected chi connectivity index (χ2v) is 13.7. The lowest BCUT2D eigenvalue weighted by molar-refractivity contribution is -0.141. The van der Waals surface area contributed by atoms with Crippen LogP contribution in [-0.4, -0.2) is 49.1 Å². The molecule has 2 aliphatic heterocycles. The molecule has 6 rings (SSSR count). The van der Waals surface area contributed by atoms with Gasteiger partial charge in [-0.3, -0.25) is 4.79 Å². The Bertz CT molecular complexity index is 1550. The maximum Gasteiger partial charge on any atom is 0.310 e. The van der Waals surface area contributed by atoms with Crippen LogP contribution >= 0.6 is 27.3 Å². The van der Waals surface area contributed by atoms with Crippen LogP contribution in [0.25, 0.3) is 0 Å². The zero-order valence-corrected chi connectivity index (χ0v) is 24.3. The van der Waals surface area contributed by atoms with Crippen molar-refractivity contribution in [2.75, 3.05) is 34.7 Å². The Morgan fingerprint density at radius 1 is 0.949 bits per heavy atom. The Hall–Kier alpha value is -3.00. The largest absolute Gasteiger partial charge is 0.493 e. The van der Waals surface area contributed by atoms with E-state index in [2.05, 4.69) is 20.7 Å². The van der Waals surface area contributed by atoms with Crippen molar-refractivity contribution in [2.45, 2.75) is 16.2 Å². The van der Waals surface area contributed by atoms with Crippen LogP contribution in [0.4, 0.5) is 0 Å². The van der Waals surface area contributed by atoms with Gasteiger partial charge in [0.15, 0.2) is 23.0 Å². The van der Waals surface area contributed by atoms with Crippen molar-refractivity contribution in [1.82, 2.24) is 4.72 Å². The van der Waals surface area contributed by atoms with Crippen molar-refractivity contribution in [1.29, 1.82) is 0 Å². The molecular weight excluding hydrogens is 614 g/mol. The smallest absolute Gasteiger partial charge is 0.310 e. The molecule has 1 aliphatic carbocycles. The van der Waals surface area contributed by atoms with E-state index in [-0.39, 0.29) is 17.6 Å². The highest BCUT2D eigenvalue weighted by Gasteiger charge is 2.53. The third-order valence-electron chi connectivity index (χ3n) is 7.33. The van der Waals surface area contributed by atoms with Gasteiger partial charge < -0.3 is 28.4 Å². The Labute approximate surface area is 237 Å². The number of carbonyl (C=O) groups excluding carboxylic acids is 1. The lowest BCUT2D eigenvalue weighted by Gasteiger charge is -2.39. The number of rotatable bonds is 7. The fraction of sp³-hybridized carbons (Fsp3) is 0.346. The summed E-state index contributed by atoms with van der Waals surface area (Å²) in [4.78, 5) is 13.3. The molecule has 13 heteroatoms.